The Balaban J connectivity index is 1.52. The zero-order chi connectivity index (χ0) is 21.1. The van der Waals surface area contributed by atoms with Crippen molar-refractivity contribution in [3.05, 3.63) is 96.2 Å². The van der Waals surface area contributed by atoms with Gasteiger partial charge in [-0.1, -0.05) is 35.9 Å². The van der Waals surface area contributed by atoms with E-state index < -0.39 is 10.0 Å². The topological polar surface area (TPSA) is 88.2 Å². The lowest BCUT2D eigenvalue weighted by Crippen LogP contribution is -2.15. The number of carbonyl (C=O) groups is 1. The average Bonchev–Trinajstić information content (AvgIpc) is 2.75. The molecule has 0 saturated heterocycles. The predicted octanol–water partition coefficient (Wildman–Crippen LogP) is 4.60. The van der Waals surface area contributed by atoms with Gasteiger partial charge >= 0.3 is 0 Å². The number of rotatable bonds is 5. The average molecular weight is 417 g/mol. The molecule has 0 radical (unpaired) electrons. The molecule has 30 heavy (non-hydrogen) atoms. The predicted molar refractivity (Wildman–Crippen MR) is 118 cm³/mol. The third-order valence-electron chi connectivity index (χ3n) is 4.61. The van der Waals surface area contributed by atoms with Crippen molar-refractivity contribution in [3.63, 3.8) is 0 Å². The van der Waals surface area contributed by atoms with Crippen molar-refractivity contribution >= 4 is 38.2 Å². The summed E-state index contributed by atoms with van der Waals surface area (Å²) in [4.78, 5) is 17.0. The summed E-state index contributed by atoms with van der Waals surface area (Å²) in [5.74, 6) is -0.344. The van der Waals surface area contributed by atoms with E-state index in [0.717, 1.165) is 10.9 Å². The molecule has 3 aromatic carbocycles. The van der Waals surface area contributed by atoms with Crippen LogP contribution in [0.2, 0.25) is 0 Å². The first-order chi connectivity index (χ1) is 14.4. The number of hydrogen-bond donors (Lipinski definition) is 2. The highest BCUT2D eigenvalue weighted by molar-refractivity contribution is 7.92. The number of sulfonamides is 1. The quantitative estimate of drug-likeness (QED) is 0.497. The van der Waals surface area contributed by atoms with Crippen LogP contribution in [-0.2, 0) is 10.0 Å². The third kappa shape index (κ3) is 4.16. The van der Waals surface area contributed by atoms with Crippen LogP contribution in [0.1, 0.15) is 15.9 Å². The van der Waals surface area contributed by atoms with Crippen LogP contribution in [0, 0.1) is 6.92 Å². The molecule has 1 heterocycles. The Morgan fingerprint density at radius 3 is 2.30 bits per heavy atom. The highest BCUT2D eigenvalue weighted by Crippen LogP contribution is 2.22. The van der Waals surface area contributed by atoms with Gasteiger partial charge in [0.2, 0.25) is 0 Å². The summed E-state index contributed by atoms with van der Waals surface area (Å²) in [5, 5.41) is 3.75. The van der Waals surface area contributed by atoms with Gasteiger partial charge in [0, 0.05) is 22.8 Å². The van der Waals surface area contributed by atoms with Gasteiger partial charge in [0.25, 0.3) is 15.9 Å². The van der Waals surface area contributed by atoms with Gasteiger partial charge < -0.3 is 5.32 Å². The zero-order valence-electron chi connectivity index (χ0n) is 16.2. The molecule has 2 N–H and O–H groups in total. The van der Waals surface area contributed by atoms with Crippen LogP contribution in [0.3, 0.4) is 0 Å². The lowest BCUT2D eigenvalue weighted by atomic mass is 10.1. The Kier molecular flexibility index (Phi) is 5.20. The maximum Gasteiger partial charge on any atom is 0.261 e. The molecule has 6 nitrogen and oxygen atoms in total. The molecule has 4 rings (SSSR count). The van der Waals surface area contributed by atoms with E-state index in [1.165, 1.54) is 24.3 Å². The van der Waals surface area contributed by atoms with Crippen LogP contribution in [0.25, 0.3) is 10.9 Å². The molecule has 150 valence electrons. The molecular formula is C23H19N3O3S. The minimum atomic E-state index is -3.75. The summed E-state index contributed by atoms with van der Waals surface area (Å²) < 4.78 is 27.7. The third-order valence-corrected chi connectivity index (χ3v) is 6.01. The zero-order valence-corrected chi connectivity index (χ0v) is 17.0. The minimum Gasteiger partial charge on any atom is -0.320 e. The number of nitrogens with one attached hydrogen (secondary N) is 2. The molecule has 1 aromatic heterocycles. The van der Waals surface area contributed by atoms with E-state index in [1.54, 1.807) is 24.4 Å². The van der Waals surface area contributed by atoms with E-state index in [2.05, 4.69) is 15.0 Å². The number of hydrogen-bond acceptors (Lipinski definition) is 4. The molecule has 0 saturated carbocycles. The van der Waals surface area contributed by atoms with Gasteiger partial charge in [0.05, 0.1) is 16.1 Å². The molecule has 0 aliphatic carbocycles. The first-order valence-corrected chi connectivity index (χ1v) is 10.8. The second-order valence-electron chi connectivity index (χ2n) is 6.83. The van der Waals surface area contributed by atoms with Crippen molar-refractivity contribution in [1.29, 1.82) is 0 Å². The normalized spacial score (nSPS) is 11.2. The van der Waals surface area contributed by atoms with Crippen molar-refractivity contribution < 1.29 is 13.2 Å². The molecule has 0 bridgehead atoms. The lowest BCUT2D eigenvalue weighted by molar-refractivity contribution is 0.102. The number of carbonyl (C=O) groups excluding carboxylic acids is 1. The maximum absolute atomic E-state index is 12.6. The minimum absolute atomic E-state index is 0.0754. The van der Waals surface area contributed by atoms with Crippen molar-refractivity contribution in [3.8, 4) is 0 Å². The van der Waals surface area contributed by atoms with Crippen molar-refractivity contribution in [2.24, 2.45) is 0 Å². The Labute approximate surface area is 174 Å². The Morgan fingerprint density at radius 1 is 0.867 bits per heavy atom. The van der Waals surface area contributed by atoms with Gasteiger partial charge in [-0.15, -0.1) is 0 Å². The van der Waals surface area contributed by atoms with Crippen LogP contribution in [0.15, 0.2) is 90.0 Å². The fraction of sp³-hybridized carbons (Fsp3) is 0.0435. The second-order valence-corrected chi connectivity index (χ2v) is 8.51. The highest BCUT2D eigenvalue weighted by atomic mass is 32.2. The van der Waals surface area contributed by atoms with Crippen LogP contribution in [-0.4, -0.2) is 19.3 Å². The van der Waals surface area contributed by atoms with Crippen molar-refractivity contribution in [1.82, 2.24) is 4.98 Å². The van der Waals surface area contributed by atoms with Crippen LogP contribution in [0.4, 0.5) is 11.4 Å². The molecule has 0 unspecified atom stereocenters. The summed E-state index contributed by atoms with van der Waals surface area (Å²) in [6.07, 6.45) is 1.67. The summed E-state index contributed by atoms with van der Waals surface area (Å²) in [7, 11) is -3.75. The first kappa shape index (κ1) is 19.6. The van der Waals surface area contributed by atoms with E-state index in [1.807, 2.05) is 43.3 Å². The van der Waals surface area contributed by atoms with Gasteiger partial charge in [-0.2, -0.15) is 0 Å². The maximum atomic E-state index is 12.6. The lowest BCUT2D eigenvalue weighted by Gasteiger charge is -2.10. The molecule has 0 aliphatic rings. The Hall–Kier alpha value is -3.71. The van der Waals surface area contributed by atoms with E-state index >= 15 is 0 Å². The van der Waals surface area contributed by atoms with E-state index in [4.69, 9.17) is 0 Å². The van der Waals surface area contributed by atoms with Gasteiger partial charge in [-0.3, -0.25) is 14.5 Å². The fourth-order valence-corrected chi connectivity index (χ4v) is 4.08. The molecule has 0 spiro atoms. The largest absolute Gasteiger partial charge is 0.320 e. The van der Waals surface area contributed by atoms with Gasteiger partial charge in [-0.25, -0.2) is 8.42 Å². The molecule has 1 amide bonds. The van der Waals surface area contributed by atoms with E-state index in [-0.39, 0.29) is 10.8 Å². The summed E-state index contributed by atoms with van der Waals surface area (Å²) in [6.45, 7) is 1.93. The highest BCUT2D eigenvalue weighted by Gasteiger charge is 2.16. The molecular weight excluding hydrogens is 398 g/mol. The molecule has 4 aromatic rings. The van der Waals surface area contributed by atoms with Gasteiger partial charge in [0.1, 0.15) is 0 Å². The number of aryl methyl sites for hydroxylation is 1. The molecule has 0 atom stereocenters. The van der Waals surface area contributed by atoms with E-state index in [9.17, 15) is 13.2 Å². The smallest absolute Gasteiger partial charge is 0.261 e. The summed E-state index contributed by atoms with van der Waals surface area (Å²) in [5.41, 5.74) is 3.14. The number of para-hydroxylation sites is 1. The van der Waals surface area contributed by atoms with E-state index in [0.29, 0.717) is 22.5 Å². The molecule has 7 heteroatoms. The molecule has 0 aliphatic heterocycles. The van der Waals surface area contributed by atoms with Crippen LogP contribution < -0.4 is 10.0 Å². The molecule has 0 fully saturated rings. The van der Waals surface area contributed by atoms with Crippen LogP contribution >= 0.6 is 0 Å². The number of nitrogens with zero attached hydrogens (tertiary/aromatic N) is 1. The number of anilines is 2. The second kappa shape index (κ2) is 7.96. The standard InChI is InChI=1S/C23H19N3O3S/c1-16-7-11-19(12-8-16)26-30(28,29)20-13-9-18(10-14-20)23(27)25-21-6-2-4-17-5-3-15-24-22(17)21/h2-15,26H,1H3,(H,25,27). The summed E-state index contributed by atoms with van der Waals surface area (Å²) >= 11 is 0. The van der Waals surface area contributed by atoms with Gasteiger partial charge in [0.15, 0.2) is 0 Å². The number of benzene rings is 3. The number of amides is 1. The van der Waals surface area contributed by atoms with Crippen LogP contribution in [0.5, 0.6) is 0 Å². The first-order valence-electron chi connectivity index (χ1n) is 9.27. The van der Waals surface area contributed by atoms with Crippen molar-refractivity contribution in [2.75, 3.05) is 10.0 Å². The SMILES string of the molecule is Cc1ccc(NS(=O)(=O)c2ccc(C(=O)Nc3cccc4cccnc34)cc2)cc1. The van der Waals surface area contributed by atoms with Gasteiger partial charge in [-0.05, 0) is 55.5 Å². The number of pyridine rings is 1. The Morgan fingerprint density at radius 2 is 1.57 bits per heavy atom. The fourth-order valence-electron chi connectivity index (χ4n) is 3.02. The summed E-state index contributed by atoms with van der Waals surface area (Å²) in [6, 6.07) is 22.1. The van der Waals surface area contributed by atoms with Crippen molar-refractivity contribution in [2.45, 2.75) is 11.8 Å². The Bertz CT molecular complexity index is 1310. The number of fused-ring (bicyclic) bond motifs is 1. The number of aromatic nitrogens is 1. The monoisotopic (exact) mass is 417 g/mol.